The van der Waals surface area contributed by atoms with Crippen molar-refractivity contribution in [2.24, 2.45) is 5.92 Å². The average Bonchev–Trinajstić information content (AvgIpc) is 2.43. The van der Waals surface area contributed by atoms with Gasteiger partial charge in [0.2, 0.25) is 0 Å². The molecule has 0 radical (unpaired) electrons. The van der Waals surface area contributed by atoms with E-state index in [0.717, 1.165) is 25.6 Å². The number of hydrogen-bond acceptors (Lipinski definition) is 2. The molecule has 0 unspecified atom stereocenters. The third-order valence-corrected chi connectivity index (χ3v) is 4.79. The number of benzene rings is 1. The lowest BCUT2D eigenvalue weighted by Gasteiger charge is -2.32. The zero-order valence-electron chi connectivity index (χ0n) is 12.3. The third-order valence-electron chi connectivity index (χ3n) is 4.05. The lowest BCUT2D eigenvalue weighted by molar-refractivity contribution is 0.162. The van der Waals surface area contributed by atoms with E-state index in [-0.39, 0.29) is 0 Å². The van der Waals surface area contributed by atoms with Gasteiger partial charge in [-0.25, -0.2) is 0 Å². The SMILES string of the molecule is CC(C)N(Cc1ccc(Cl)c(Cl)c1)CC1CCNCC1. The summed E-state index contributed by atoms with van der Waals surface area (Å²) in [4.78, 5) is 2.54. The molecule has 2 rings (SSSR count). The van der Waals surface area contributed by atoms with Crippen LogP contribution in [0.1, 0.15) is 32.3 Å². The van der Waals surface area contributed by atoms with E-state index >= 15 is 0 Å². The summed E-state index contributed by atoms with van der Waals surface area (Å²) in [5.74, 6) is 0.807. The van der Waals surface area contributed by atoms with Crippen molar-refractivity contribution < 1.29 is 0 Å². The van der Waals surface area contributed by atoms with Crippen molar-refractivity contribution in [2.45, 2.75) is 39.3 Å². The number of halogens is 2. The second-order valence-electron chi connectivity index (χ2n) is 5.97. The van der Waals surface area contributed by atoms with Gasteiger partial charge >= 0.3 is 0 Å². The van der Waals surface area contributed by atoms with Gasteiger partial charge in [0.1, 0.15) is 0 Å². The smallest absolute Gasteiger partial charge is 0.0595 e. The Kier molecular flexibility index (Phi) is 6.16. The molecule has 0 atom stereocenters. The first kappa shape index (κ1) is 16.1. The molecule has 2 nitrogen and oxygen atoms in total. The van der Waals surface area contributed by atoms with Gasteiger partial charge in [-0.05, 0) is 63.4 Å². The number of hydrogen-bond donors (Lipinski definition) is 1. The van der Waals surface area contributed by atoms with Crippen LogP contribution in [0.3, 0.4) is 0 Å². The van der Waals surface area contributed by atoms with Gasteiger partial charge in [0, 0.05) is 19.1 Å². The molecule has 1 aliphatic heterocycles. The minimum Gasteiger partial charge on any atom is -0.317 e. The molecule has 1 aromatic carbocycles. The maximum atomic E-state index is 6.11. The molecule has 0 aromatic heterocycles. The van der Waals surface area contributed by atoms with E-state index in [0.29, 0.717) is 16.1 Å². The summed E-state index contributed by atoms with van der Waals surface area (Å²) < 4.78 is 0. The molecule has 0 saturated carbocycles. The molecular formula is C16H24Cl2N2. The van der Waals surface area contributed by atoms with Gasteiger partial charge in [-0.15, -0.1) is 0 Å². The molecule has 0 spiro atoms. The number of piperidine rings is 1. The van der Waals surface area contributed by atoms with Gasteiger partial charge in [0.15, 0.2) is 0 Å². The summed E-state index contributed by atoms with van der Waals surface area (Å²) in [6, 6.07) is 6.50. The van der Waals surface area contributed by atoms with Gasteiger partial charge < -0.3 is 5.32 Å². The fourth-order valence-electron chi connectivity index (χ4n) is 2.73. The Bertz CT molecular complexity index is 428. The summed E-state index contributed by atoms with van der Waals surface area (Å²) in [6.07, 6.45) is 2.56. The maximum absolute atomic E-state index is 6.11. The van der Waals surface area contributed by atoms with E-state index in [4.69, 9.17) is 23.2 Å². The van der Waals surface area contributed by atoms with Crippen molar-refractivity contribution in [1.29, 1.82) is 0 Å². The maximum Gasteiger partial charge on any atom is 0.0595 e. The summed E-state index contributed by atoms with van der Waals surface area (Å²) in [5.41, 5.74) is 1.24. The first-order valence-corrected chi connectivity index (χ1v) is 8.20. The molecule has 1 fully saturated rings. The zero-order chi connectivity index (χ0) is 14.5. The Hall–Kier alpha value is -0.280. The molecule has 0 aliphatic carbocycles. The zero-order valence-corrected chi connectivity index (χ0v) is 13.8. The van der Waals surface area contributed by atoms with Gasteiger partial charge in [0.25, 0.3) is 0 Å². The number of nitrogens with one attached hydrogen (secondary N) is 1. The normalized spacial score (nSPS) is 17.1. The Morgan fingerprint density at radius 1 is 1.20 bits per heavy atom. The summed E-state index contributed by atoms with van der Waals surface area (Å²) >= 11 is 12.1. The van der Waals surface area contributed by atoms with E-state index in [1.54, 1.807) is 0 Å². The van der Waals surface area contributed by atoms with Gasteiger partial charge in [-0.3, -0.25) is 4.90 Å². The first-order chi connectivity index (χ1) is 9.56. The van der Waals surface area contributed by atoms with E-state index < -0.39 is 0 Å². The van der Waals surface area contributed by atoms with Crippen LogP contribution in [0, 0.1) is 5.92 Å². The van der Waals surface area contributed by atoms with Crippen molar-refractivity contribution >= 4 is 23.2 Å². The Balaban J connectivity index is 1.99. The summed E-state index contributed by atoms with van der Waals surface area (Å²) in [5, 5.41) is 4.71. The van der Waals surface area contributed by atoms with Crippen LogP contribution in [0.5, 0.6) is 0 Å². The topological polar surface area (TPSA) is 15.3 Å². The molecule has 1 aromatic rings. The fraction of sp³-hybridized carbons (Fsp3) is 0.625. The Morgan fingerprint density at radius 3 is 2.50 bits per heavy atom. The van der Waals surface area contributed by atoms with E-state index in [1.165, 1.54) is 24.9 Å². The Labute approximate surface area is 132 Å². The molecule has 0 amide bonds. The van der Waals surface area contributed by atoms with Crippen LogP contribution in [-0.2, 0) is 6.54 Å². The van der Waals surface area contributed by atoms with Crippen LogP contribution in [0.2, 0.25) is 10.0 Å². The number of rotatable bonds is 5. The van der Waals surface area contributed by atoms with E-state index in [1.807, 2.05) is 12.1 Å². The monoisotopic (exact) mass is 314 g/mol. The van der Waals surface area contributed by atoms with Crippen molar-refractivity contribution in [1.82, 2.24) is 10.2 Å². The highest BCUT2D eigenvalue weighted by atomic mass is 35.5. The summed E-state index contributed by atoms with van der Waals surface area (Å²) in [7, 11) is 0. The van der Waals surface area contributed by atoms with Gasteiger partial charge in [-0.2, -0.15) is 0 Å². The lowest BCUT2D eigenvalue weighted by Crippen LogP contribution is -2.39. The second kappa shape index (κ2) is 7.65. The molecule has 1 aliphatic rings. The lowest BCUT2D eigenvalue weighted by atomic mass is 9.97. The molecule has 1 heterocycles. The predicted molar refractivity (Wildman–Crippen MR) is 87.6 cm³/mol. The van der Waals surface area contributed by atoms with Crippen LogP contribution in [0.25, 0.3) is 0 Å². The molecular weight excluding hydrogens is 291 g/mol. The van der Waals surface area contributed by atoms with Crippen molar-refractivity contribution in [3.8, 4) is 0 Å². The third kappa shape index (κ3) is 4.63. The predicted octanol–water partition coefficient (Wildman–Crippen LogP) is 4.20. The highest BCUT2D eigenvalue weighted by Gasteiger charge is 2.19. The summed E-state index contributed by atoms with van der Waals surface area (Å²) in [6.45, 7) is 8.95. The average molecular weight is 315 g/mol. The largest absolute Gasteiger partial charge is 0.317 e. The number of nitrogens with zero attached hydrogens (tertiary/aromatic N) is 1. The van der Waals surface area contributed by atoms with E-state index in [2.05, 4.69) is 30.1 Å². The van der Waals surface area contributed by atoms with Gasteiger partial charge in [-0.1, -0.05) is 29.3 Å². The van der Waals surface area contributed by atoms with Crippen molar-refractivity contribution in [2.75, 3.05) is 19.6 Å². The van der Waals surface area contributed by atoms with E-state index in [9.17, 15) is 0 Å². The van der Waals surface area contributed by atoms with Crippen LogP contribution in [0.4, 0.5) is 0 Å². The Morgan fingerprint density at radius 2 is 1.90 bits per heavy atom. The molecule has 0 bridgehead atoms. The highest BCUT2D eigenvalue weighted by molar-refractivity contribution is 6.42. The first-order valence-electron chi connectivity index (χ1n) is 7.45. The molecule has 112 valence electrons. The highest BCUT2D eigenvalue weighted by Crippen LogP contribution is 2.24. The second-order valence-corrected chi connectivity index (χ2v) is 6.78. The minimum absolute atomic E-state index is 0.541. The molecule has 20 heavy (non-hydrogen) atoms. The molecule has 4 heteroatoms. The van der Waals surface area contributed by atoms with Crippen LogP contribution >= 0.6 is 23.2 Å². The quantitative estimate of drug-likeness (QED) is 0.876. The molecule has 1 saturated heterocycles. The van der Waals surface area contributed by atoms with Crippen LogP contribution in [0.15, 0.2) is 18.2 Å². The fourth-order valence-corrected chi connectivity index (χ4v) is 3.05. The molecule has 1 N–H and O–H groups in total. The van der Waals surface area contributed by atoms with Gasteiger partial charge in [0.05, 0.1) is 10.0 Å². The standard InChI is InChI=1S/C16H24Cl2N2/c1-12(2)20(10-13-5-7-19-8-6-13)11-14-3-4-15(17)16(18)9-14/h3-4,9,12-13,19H,5-8,10-11H2,1-2H3. The minimum atomic E-state index is 0.541. The van der Waals surface area contributed by atoms with Crippen LogP contribution in [-0.4, -0.2) is 30.6 Å². The van der Waals surface area contributed by atoms with Crippen LogP contribution < -0.4 is 5.32 Å². The van der Waals surface area contributed by atoms with Crippen molar-refractivity contribution in [3.05, 3.63) is 33.8 Å². The van der Waals surface area contributed by atoms with Crippen molar-refractivity contribution in [3.63, 3.8) is 0 Å².